The molecule has 7 heteroatoms. The number of hydrogen-bond donors (Lipinski definition) is 0. The second-order valence-corrected chi connectivity index (χ2v) is 6.42. The Morgan fingerprint density at radius 3 is 2.82 bits per heavy atom. The highest BCUT2D eigenvalue weighted by Gasteiger charge is 2.25. The molecule has 3 heterocycles. The third-order valence-corrected chi connectivity index (χ3v) is 4.53. The third kappa shape index (κ3) is 3.05. The zero-order valence-corrected chi connectivity index (χ0v) is 14.8. The molecule has 2 aromatic heterocycles. The number of benzene rings is 2. The number of ether oxygens (including phenoxy) is 3. The minimum absolute atomic E-state index is 0.0945. The lowest BCUT2D eigenvalue weighted by molar-refractivity contribution is -0.112. The first-order valence-corrected chi connectivity index (χ1v) is 8.85. The van der Waals surface area contributed by atoms with E-state index in [1.54, 1.807) is 4.40 Å². The van der Waals surface area contributed by atoms with Gasteiger partial charge in [-0.25, -0.2) is 4.39 Å². The average molecular weight is 377 g/mol. The molecule has 6 nitrogen and oxygen atoms in total. The van der Waals surface area contributed by atoms with Crippen LogP contribution in [0.15, 0.2) is 66.9 Å². The van der Waals surface area contributed by atoms with Crippen LogP contribution < -0.4 is 9.47 Å². The van der Waals surface area contributed by atoms with E-state index in [0.717, 1.165) is 5.56 Å². The monoisotopic (exact) mass is 377 g/mol. The fourth-order valence-electron chi connectivity index (χ4n) is 3.22. The number of fused-ring (bicyclic) bond motifs is 2. The highest BCUT2D eigenvalue weighted by Crippen LogP contribution is 2.36. The molecule has 1 aliphatic heterocycles. The molecule has 0 spiro atoms. The van der Waals surface area contributed by atoms with E-state index in [9.17, 15) is 4.39 Å². The van der Waals surface area contributed by atoms with Gasteiger partial charge in [0.1, 0.15) is 18.2 Å². The smallest absolute Gasteiger partial charge is 0.321 e. The molecule has 5 rings (SSSR count). The Morgan fingerprint density at radius 2 is 1.93 bits per heavy atom. The Morgan fingerprint density at radius 1 is 1.07 bits per heavy atom. The van der Waals surface area contributed by atoms with Gasteiger partial charge in [-0.15, -0.1) is 5.10 Å². The van der Waals surface area contributed by atoms with Crippen LogP contribution in [0.2, 0.25) is 0 Å². The van der Waals surface area contributed by atoms with Crippen LogP contribution in [0.1, 0.15) is 23.0 Å². The van der Waals surface area contributed by atoms with Crippen molar-refractivity contribution in [3.63, 3.8) is 0 Å². The second kappa shape index (κ2) is 6.94. The van der Waals surface area contributed by atoms with Crippen molar-refractivity contribution in [1.82, 2.24) is 14.6 Å². The van der Waals surface area contributed by atoms with Gasteiger partial charge >= 0.3 is 6.01 Å². The summed E-state index contributed by atoms with van der Waals surface area (Å²) >= 11 is 0. The molecule has 0 unspecified atom stereocenters. The summed E-state index contributed by atoms with van der Waals surface area (Å²) in [4.78, 5) is 0. The van der Waals surface area contributed by atoms with Gasteiger partial charge in [-0.2, -0.15) is 0 Å². The first-order valence-electron chi connectivity index (χ1n) is 8.85. The SMILES string of the molecule is Fc1cc(COc2nnc3ccccn23)c2c(c1)CO[C@H](c1ccccc1)O2. The van der Waals surface area contributed by atoms with Gasteiger partial charge in [0, 0.05) is 22.9 Å². The second-order valence-electron chi connectivity index (χ2n) is 6.42. The Bertz CT molecular complexity index is 1130. The van der Waals surface area contributed by atoms with E-state index in [0.29, 0.717) is 28.5 Å². The summed E-state index contributed by atoms with van der Waals surface area (Å²) in [5.74, 6) is 0.212. The summed E-state index contributed by atoms with van der Waals surface area (Å²) in [5, 5.41) is 8.09. The first-order chi connectivity index (χ1) is 13.8. The van der Waals surface area contributed by atoms with Crippen LogP contribution in [0.25, 0.3) is 5.65 Å². The lowest BCUT2D eigenvalue weighted by Gasteiger charge is -2.28. The van der Waals surface area contributed by atoms with Crippen molar-refractivity contribution in [3.8, 4) is 11.8 Å². The van der Waals surface area contributed by atoms with Crippen molar-refractivity contribution in [2.45, 2.75) is 19.5 Å². The maximum Gasteiger partial charge on any atom is 0.321 e. The van der Waals surface area contributed by atoms with E-state index < -0.39 is 6.29 Å². The zero-order chi connectivity index (χ0) is 18.9. The molecule has 0 fully saturated rings. The maximum absolute atomic E-state index is 14.1. The Labute approximate surface area is 160 Å². The molecule has 1 aliphatic rings. The van der Waals surface area contributed by atoms with Crippen molar-refractivity contribution in [2.24, 2.45) is 0 Å². The largest absolute Gasteiger partial charge is 0.460 e. The van der Waals surface area contributed by atoms with Gasteiger partial charge in [-0.1, -0.05) is 41.5 Å². The molecule has 0 saturated carbocycles. The van der Waals surface area contributed by atoms with Crippen molar-refractivity contribution in [1.29, 1.82) is 0 Å². The highest BCUT2D eigenvalue weighted by molar-refractivity contribution is 5.43. The quantitative estimate of drug-likeness (QED) is 0.537. The van der Waals surface area contributed by atoms with E-state index in [4.69, 9.17) is 14.2 Å². The van der Waals surface area contributed by atoms with Gasteiger partial charge in [0.05, 0.1) is 6.61 Å². The number of nitrogens with zero attached hydrogens (tertiary/aromatic N) is 3. The molecule has 0 bridgehead atoms. The summed E-state index contributed by atoms with van der Waals surface area (Å²) in [7, 11) is 0. The molecular weight excluding hydrogens is 361 g/mol. The number of pyridine rings is 1. The van der Waals surface area contributed by atoms with Gasteiger partial charge in [0.25, 0.3) is 0 Å². The molecule has 140 valence electrons. The van der Waals surface area contributed by atoms with Crippen LogP contribution in [-0.4, -0.2) is 14.6 Å². The molecule has 2 aromatic carbocycles. The molecule has 0 radical (unpaired) electrons. The first kappa shape index (κ1) is 16.7. The Kier molecular flexibility index (Phi) is 4.14. The van der Waals surface area contributed by atoms with Gasteiger partial charge in [0.15, 0.2) is 5.65 Å². The van der Waals surface area contributed by atoms with Gasteiger partial charge in [-0.3, -0.25) is 4.40 Å². The fraction of sp³-hybridized carbons (Fsp3) is 0.143. The molecule has 0 amide bonds. The standard InChI is InChI=1S/C21H16FN3O3/c22-17-10-15-12-26-20(14-6-2-1-3-7-14)28-19(15)16(11-17)13-27-21-24-23-18-8-4-5-9-25(18)21/h1-11,20H,12-13H2/t20-/m0/s1. The van der Waals surface area contributed by atoms with Crippen molar-refractivity contribution in [2.75, 3.05) is 0 Å². The van der Waals surface area contributed by atoms with Crippen molar-refractivity contribution in [3.05, 3.63) is 89.4 Å². The summed E-state index contributed by atoms with van der Waals surface area (Å²) < 4.78 is 33.4. The normalized spacial score (nSPS) is 15.8. The van der Waals surface area contributed by atoms with Crippen molar-refractivity contribution < 1.29 is 18.6 Å². The van der Waals surface area contributed by atoms with Crippen LogP contribution >= 0.6 is 0 Å². The van der Waals surface area contributed by atoms with E-state index in [2.05, 4.69) is 10.2 Å². The number of aromatic nitrogens is 3. The van der Waals surface area contributed by atoms with Crippen LogP contribution in [0.4, 0.5) is 4.39 Å². The van der Waals surface area contributed by atoms with Crippen LogP contribution in [0.3, 0.4) is 0 Å². The van der Waals surface area contributed by atoms with E-state index in [1.807, 2.05) is 54.7 Å². The Balaban J connectivity index is 1.43. The Hall–Kier alpha value is -3.45. The van der Waals surface area contributed by atoms with Crippen LogP contribution in [0.5, 0.6) is 11.8 Å². The summed E-state index contributed by atoms with van der Waals surface area (Å²) in [6, 6.07) is 18.3. The lowest BCUT2D eigenvalue weighted by Crippen LogP contribution is -2.20. The predicted octanol–water partition coefficient (Wildman–Crippen LogP) is 4.06. The number of halogens is 1. The summed E-state index contributed by atoms with van der Waals surface area (Å²) in [6.07, 6.45) is 1.26. The molecule has 4 aromatic rings. The fourth-order valence-corrected chi connectivity index (χ4v) is 3.22. The minimum Gasteiger partial charge on any atom is -0.460 e. The van der Waals surface area contributed by atoms with E-state index in [-0.39, 0.29) is 19.0 Å². The summed E-state index contributed by atoms with van der Waals surface area (Å²) in [5.41, 5.74) is 2.81. The number of hydrogen-bond acceptors (Lipinski definition) is 5. The van der Waals surface area contributed by atoms with Crippen molar-refractivity contribution >= 4 is 5.65 Å². The van der Waals surface area contributed by atoms with E-state index in [1.165, 1.54) is 12.1 Å². The lowest BCUT2D eigenvalue weighted by atomic mass is 10.1. The molecule has 0 N–H and O–H groups in total. The van der Waals surface area contributed by atoms with Crippen LogP contribution in [-0.2, 0) is 18.0 Å². The predicted molar refractivity (Wildman–Crippen MR) is 98.3 cm³/mol. The van der Waals surface area contributed by atoms with Gasteiger partial charge < -0.3 is 14.2 Å². The number of rotatable bonds is 4. The summed E-state index contributed by atoms with van der Waals surface area (Å²) in [6.45, 7) is 0.352. The van der Waals surface area contributed by atoms with E-state index >= 15 is 0 Å². The third-order valence-electron chi connectivity index (χ3n) is 4.53. The topological polar surface area (TPSA) is 57.9 Å². The molecule has 1 atom stereocenters. The maximum atomic E-state index is 14.1. The van der Waals surface area contributed by atoms with Gasteiger partial charge in [-0.05, 0) is 24.3 Å². The average Bonchev–Trinajstić information content (AvgIpc) is 3.15. The minimum atomic E-state index is -0.549. The zero-order valence-electron chi connectivity index (χ0n) is 14.8. The molecular formula is C21H16FN3O3. The highest BCUT2D eigenvalue weighted by atomic mass is 19.1. The van der Waals surface area contributed by atoms with Crippen LogP contribution in [0, 0.1) is 5.82 Å². The van der Waals surface area contributed by atoms with Gasteiger partial charge in [0.2, 0.25) is 6.29 Å². The molecule has 28 heavy (non-hydrogen) atoms. The molecule has 0 aliphatic carbocycles. The molecule has 0 saturated heterocycles.